The van der Waals surface area contributed by atoms with Crippen LogP contribution >= 0.6 is 0 Å². The largest absolute Gasteiger partial charge is 0.481 e. The normalized spacial score (nSPS) is 15.3. The summed E-state index contributed by atoms with van der Waals surface area (Å²) in [6.07, 6.45) is -2.00. The third-order valence-electron chi connectivity index (χ3n) is 4.71. The first-order chi connectivity index (χ1) is 15.4. The standard InChI is InChI=1S/C21H30N4O8/c1-11(21(32)33)23-20(31)17(12(2)26)25-19(30)15(8-9-16(27)28)24-18(29)14(22)10-13-6-4-3-5-7-13/h3-7,11-12,14-15,17,26H,8-10,22H2,1-2H3,(H,23,31)(H,24,29)(H,25,30)(H,27,28)(H,32,33). The van der Waals surface area contributed by atoms with Crippen molar-refractivity contribution in [3.8, 4) is 0 Å². The van der Waals surface area contributed by atoms with E-state index in [1.54, 1.807) is 30.3 Å². The molecular formula is C21H30N4O8. The maximum atomic E-state index is 12.7. The molecule has 182 valence electrons. The number of carbonyl (C=O) groups excluding carboxylic acids is 3. The first kappa shape index (κ1) is 27.5. The highest BCUT2D eigenvalue weighted by molar-refractivity contribution is 5.94. The fourth-order valence-electron chi connectivity index (χ4n) is 2.80. The zero-order chi connectivity index (χ0) is 25.1. The number of benzene rings is 1. The van der Waals surface area contributed by atoms with E-state index < -0.39 is 66.4 Å². The summed E-state index contributed by atoms with van der Waals surface area (Å²) in [5.74, 6) is -5.13. The van der Waals surface area contributed by atoms with Crippen molar-refractivity contribution in [2.75, 3.05) is 0 Å². The highest BCUT2D eigenvalue weighted by atomic mass is 16.4. The summed E-state index contributed by atoms with van der Waals surface area (Å²) in [7, 11) is 0. The van der Waals surface area contributed by atoms with E-state index >= 15 is 0 Å². The summed E-state index contributed by atoms with van der Waals surface area (Å²) in [5, 5.41) is 34.5. The first-order valence-electron chi connectivity index (χ1n) is 10.3. The SMILES string of the molecule is CC(NC(=O)C(NC(=O)C(CCC(=O)O)NC(=O)C(N)Cc1ccccc1)C(C)O)C(=O)O. The number of hydrogen-bond donors (Lipinski definition) is 7. The van der Waals surface area contributed by atoms with Gasteiger partial charge in [-0.3, -0.25) is 24.0 Å². The molecule has 12 nitrogen and oxygen atoms in total. The third kappa shape index (κ3) is 9.66. The zero-order valence-corrected chi connectivity index (χ0v) is 18.4. The van der Waals surface area contributed by atoms with E-state index in [4.69, 9.17) is 15.9 Å². The number of aliphatic hydroxyl groups is 1. The molecule has 5 atom stereocenters. The van der Waals surface area contributed by atoms with E-state index in [9.17, 15) is 29.1 Å². The van der Waals surface area contributed by atoms with Crippen molar-refractivity contribution in [2.24, 2.45) is 5.73 Å². The van der Waals surface area contributed by atoms with Crippen molar-refractivity contribution in [1.29, 1.82) is 0 Å². The number of hydrogen-bond acceptors (Lipinski definition) is 7. The van der Waals surface area contributed by atoms with Gasteiger partial charge >= 0.3 is 11.9 Å². The Kier molecular flexibility index (Phi) is 11.0. The molecule has 1 aromatic rings. The van der Waals surface area contributed by atoms with Gasteiger partial charge in [0.2, 0.25) is 17.7 Å². The number of amides is 3. The van der Waals surface area contributed by atoms with E-state index in [2.05, 4.69) is 16.0 Å². The molecule has 0 fully saturated rings. The lowest BCUT2D eigenvalue weighted by Crippen LogP contribution is -2.59. The molecule has 3 amide bonds. The molecule has 0 radical (unpaired) electrons. The fourth-order valence-corrected chi connectivity index (χ4v) is 2.80. The molecule has 5 unspecified atom stereocenters. The van der Waals surface area contributed by atoms with Crippen LogP contribution in [0.5, 0.6) is 0 Å². The van der Waals surface area contributed by atoms with Gasteiger partial charge in [0.15, 0.2) is 0 Å². The van der Waals surface area contributed by atoms with Gasteiger partial charge in [0.1, 0.15) is 18.1 Å². The summed E-state index contributed by atoms with van der Waals surface area (Å²) in [4.78, 5) is 59.5. The molecule has 0 aromatic heterocycles. The molecule has 0 saturated heterocycles. The van der Waals surface area contributed by atoms with Crippen LogP contribution in [0.3, 0.4) is 0 Å². The van der Waals surface area contributed by atoms with Crippen molar-refractivity contribution in [1.82, 2.24) is 16.0 Å². The van der Waals surface area contributed by atoms with Crippen molar-refractivity contribution in [3.05, 3.63) is 35.9 Å². The predicted octanol–water partition coefficient (Wildman–Crippen LogP) is -1.64. The molecule has 0 saturated carbocycles. The number of carbonyl (C=O) groups is 5. The van der Waals surface area contributed by atoms with Gasteiger partial charge in [-0.05, 0) is 32.3 Å². The summed E-state index contributed by atoms with van der Waals surface area (Å²) in [6, 6.07) is 3.67. The Morgan fingerprint density at radius 3 is 2.03 bits per heavy atom. The van der Waals surface area contributed by atoms with Crippen molar-refractivity contribution in [2.45, 2.75) is 63.4 Å². The van der Waals surface area contributed by atoms with Gasteiger partial charge in [-0.1, -0.05) is 30.3 Å². The molecule has 33 heavy (non-hydrogen) atoms. The number of carboxylic acids is 2. The van der Waals surface area contributed by atoms with E-state index in [1.165, 1.54) is 13.8 Å². The molecule has 1 rings (SSSR count). The molecule has 0 bridgehead atoms. The Morgan fingerprint density at radius 1 is 0.909 bits per heavy atom. The zero-order valence-electron chi connectivity index (χ0n) is 18.4. The van der Waals surface area contributed by atoms with Crippen molar-refractivity contribution >= 4 is 29.7 Å². The van der Waals surface area contributed by atoms with Crippen molar-refractivity contribution < 1.29 is 39.3 Å². The quantitative estimate of drug-likeness (QED) is 0.178. The van der Waals surface area contributed by atoms with Gasteiger partial charge in [-0.15, -0.1) is 0 Å². The highest BCUT2D eigenvalue weighted by Gasteiger charge is 2.32. The van der Waals surface area contributed by atoms with Crippen molar-refractivity contribution in [3.63, 3.8) is 0 Å². The average molecular weight is 466 g/mol. The second kappa shape index (κ2) is 13.1. The highest BCUT2D eigenvalue weighted by Crippen LogP contribution is 2.05. The van der Waals surface area contributed by atoms with Crippen LogP contribution in [0, 0.1) is 0 Å². The van der Waals surface area contributed by atoms with E-state index in [0.29, 0.717) is 0 Å². The van der Waals surface area contributed by atoms with Gasteiger partial charge in [-0.2, -0.15) is 0 Å². The summed E-state index contributed by atoms with van der Waals surface area (Å²) in [5.41, 5.74) is 6.70. The summed E-state index contributed by atoms with van der Waals surface area (Å²) in [6.45, 7) is 2.40. The molecule has 12 heteroatoms. The first-order valence-corrected chi connectivity index (χ1v) is 10.3. The number of carboxylic acid groups (broad SMARTS) is 2. The number of aliphatic carboxylic acids is 2. The molecule has 0 heterocycles. The Hall–Kier alpha value is -3.51. The molecule has 0 aliphatic rings. The van der Waals surface area contributed by atoms with Gasteiger partial charge in [0.25, 0.3) is 0 Å². The van der Waals surface area contributed by atoms with Crippen LogP contribution in [0.1, 0.15) is 32.3 Å². The van der Waals surface area contributed by atoms with Gasteiger partial charge in [-0.25, -0.2) is 0 Å². The Bertz CT molecular complexity index is 846. The molecular weight excluding hydrogens is 436 g/mol. The monoisotopic (exact) mass is 466 g/mol. The van der Waals surface area contributed by atoms with Gasteiger partial charge in [0, 0.05) is 6.42 Å². The minimum absolute atomic E-state index is 0.172. The lowest BCUT2D eigenvalue weighted by atomic mass is 10.0. The maximum absolute atomic E-state index is 12.7. The average Bonchev–Trinajstić information content (AvgIpc) is 2.74. The van der Waals surface area contributed by atoms with E-state index in [0.717, 1.165) is 5.56 Å². The topological polar surface area (TPSA) is 208 Å². The van der Waals surface area contributed by atoms with Crippen LogP contribution in [-0.2, 0) is 30.4 Å². The lowest BCUT2D eigenvalue weighted by molar-refractivity contribution is -0.142. The number of nitrogens with two attached hydrogens (primary N) is 1. The van der Waals surface area contributed by atoms with Crippen LogP contribution in [0.15, 0.2) is 30.3 Å². The molecule has 0 spiro atoms. The molecule has 8 N–H and O–H groups in total. The van der Waals surface area contributed by atoms with Crippen LogP contribution in [0.25, 0.3) is 0 Å². The second-order valence-corrected chi connectivity index (χ2v) is 7.59. The minimum atomic E-state index is -1.54. The van der Waals surface area contributed by atoms with Crippen LogP contribution in [0.2, 0.25) is 0 Å². The lowest BCUT2D eigenvalue weighted by Gasteiger charge is -2.26. The smallest absolute Gasteiger partial charge is 0.325 e. The van der Waals surface area contributed by atoms with Crippen LogP contribution < -0.4 is 21.7 Å². The van der Waals surface area contributed by atoms with Crippen LogP contribution in [0.4, 0.5) is 0 Å². The van der Waals surface area contributed by atoms with Gasteiger partial charge < -0.3 is 37.0 Å². The van der Waals surface area contributed by atoms with E-state index in [-0.39, 0.29) is 12.8 Å². The fraction of sp³-hybridized carbons (Fsp3) is 0.476. The maximum Gasteiger partial charge on any atom is 0.325 e. The Morgan fingerprint density at radius 2 is 1.52 bits per heavy atom. The summed E-state index contributed by atoms with van der Waals surface area (Å²) < 4.78 is 0. The predicted molar refractivity (Wildman–Crippen MR) is 116 cm³/mol. The second-order valence-electron chi connectivity index (χ2n) is 7.59. The molecule has 0 aliphatic carbocycles. The molecule has 1 aromatic carbocycles. The number of nitrogens with one attached hydrogen (secondary N) is 3. The van der Waals surface area contributed by atoms with Gasteiger partial charge in [0.05, 0.1) is 12.1 Å². The summed E-state index contributed by atoms with van der Waals surface area (Å²) >= 11 is 0. The third-order valence-corrected chi connectivity index (χ3v) is 4.71. The Balaban J connectivity index is 2.90. The Labute approximate surface area is 190 Å². The molecule has 0 aliphatic heterocycles. The number of rotatable bonds is 13. The minimum Gasteiger partial charge on any atom is -0.481 e. The van der Waals surface area contributed by atoms with E-state index in [1.807, 2.05) is 0 Å². The van der Waals surface area contributed by atoms with Crippen LogP contribution in [-0.4, -0.2) is 75.3 Å². The number of aliphatic hydroxyl groups excluding tert-OH is 1.